The standard InChI is InChI=1S/C16H33NO2/c1-11(2)15-7-6-13(5)8-16(15)19-10-14(9-18)17-12(3)4/h11-18H,6-10H2,1-5H3. The topological polar surface area (TPSA) is 41.5 Å². The minimum atomic E-state index is 0.0602. The highest BCUT2D eigenvalue weighted by atomic mass is 16.5. The Hall–Kier alpha value is -0.120. The van der Waals surface area contributed by atoms with E-state index in [2.05, 4.69) is 39.9 Å². The monoisotopic (exact) mass is 271 g/mol. The largest absolute Gasteiger partial charge is 0.395 e. The summed E-state index contributed by atoms with van der Waals surface area (Å²) in [6.45, 7) is 11.9. The van der Waals surface area contributed by atoms with Gasteiger partial charge in [-0.15, -0.1) is 0 Å². The van der Waals surface area contributed by atoms with Crippen molar-refractivity contribution in [2.45, 2.75) is 72.1 Å². The fourth-order valence-electron chi connectivity index (χ4n) is 3.17. The number of hydrogen-bond acceptors (Lipinski definition) is 3. The fraction of sp³-hybridized carbons (Fsp3) is 1.00. The van der Waals surface area contributed by atoms with Gasteiger partial charge in [0, 0.05) is 6.04 Å². The summed E-state index contributed by atoms with van der Waals surface area (Å²) in [6, 6.07) is 0.442. The smallest absolute Gasteiger partial charge is 0.0646 e. The summed E-state index contributed by atoms with van der Waals surface area (Å²) in [7, 11) is 0. The molecule has 19 heavy (non-hydrogen) atoms. The zero-order valence-corrected chi connectivity index (χ0v) is 13.4. The number of aliphatic hydroxyl groups excluding tert-OH is 1. The Bertz CT molecular complexity index is 243. The molecule has 0 aromatic carbocycles. The molecule has 0 saturated heterocycles. The molecule has 3 heteroatoms. The summed E-state index contributed by atoms with van der Waals surface area (Å²) in [5, 5.41) is 12.7. The normalized spacial score (nSPS) is 30.0. The highest BCUT2D eigenvalue weighted by molar-refractivity contribution is 4.82. The fourth-order valence-corrected chi connectivity index (χ4v) is 3.17. The van der Waals surface area contributed by atoms with Gasteiger partial charge in [-0.3, -0.25) is 0 Å². The lowest BCUT2D eigenvalue weighted by Crippen LogP contribution is -2.43. The van der Waals surface area contributed by atoms with Crippen molar-refractivity contribution < 1.29 is 9.84 Å². The first-order valence-corrected chi connectivity index (χ1v) is 7.92. The molecule has 0 aromatic rings. The third-order valence-electron chi connectivity index (χ3n) is 4.26. The Labute approximate surface area is 119 Å². The van der Waals surface area contributed by atoms with Crippen molar-refractivity contribution in [1.29, 1.82) is 0 Å². The van der Waals surface area contributed by atoms with Crippen LogP contribution in [0.3, 0.4) is 0 Å². The van der Waals surface area contributed by atoms with Gasteiger partial charge in [0.2, 0.25) is 0 Å². The van der Waals surface area contributed by atoms with E-state index >= 15 is 0 Å². The van der Waals surface area contributed by atoms with Crippen LogP contribution in [0.4, 0.5) is 0 Å². The molecule has 0 radical (unpaired) electrons. The van der Waals surface area contributed by atoms with Gasteiger partial charge in [0.15, 0.2) is 0 Å². The molecule has 1 aliphatic carbocycles. The van der Waals surface area contributed by atoms with E-state index < -0.39 is 0 Å². The van der Waals surface area contributed by atoms with Gasteiger partial charge in [-0.25, -0.2) is 0 Å². The van der Waals surface area contributed by atoms with E-state index in [4.69, 9.17) is 4.74 Å². The Morgan fingerprint density at radius 2 is 1.89 bits per heavy atom. The molecule has 114 valence electrons. The van der Waals surface area contributed by atoms with Crippen LogP contribution in [0.2, 0.25) is 0 Å². The van der Waals surface area contributed by atoms with Crippen molar-refractivity contribution in [3.05, 3.63) is 0 Å². The zero-order valence-electron chi connectivity index (χ0n) is 13.4. The van der Waals surface area contributed by atoms with Crippen molar-refractivity contribution >= 4 is 0 Å². The Kier molecular flexibility index (Phi) is 7.33. The molecule has 0 amide bonds. The van der Waals surface area contributed by atoms with Crippen LogP contribution in [-0.4, -0.2) is 36.5 Å². The molecule has 3 nitrogen and oxygen atoms in total. The van der Waals surface area contributed by atoms with E-state index in [1.54, 1.807) is 0 Å². The highest BCUT2D eigenvalue weighted by Crippen LogP contribution is 2.35. The maximum absolute atomic E-state index is 9.39. The number of aliphatic hydroxyl groups is 1. The van der Waals surface area contributed by atoms with Gasteiger partial charge in [0.1, 0.15) is 0 Å². The lowest BCUT2D eigenvalue weighted by molar-refractivity contribution is -0.0506. The summed E-state index contributed by atoms with van der Waals surface area (Å²) >= 11 is 0. The summed E-state index contributed by atoms with van der Waals surface area (Å²) < 4.78 is 6.16. The van der Waals surface area contributed by atoms with Gasteiger partial charge in [-0.1, -0.05) is 41.0 Å². The number of nitrogens with one attached hydrogen (secondary N) is 1. The van der Waals surface area contributed by atoms with Crippen LogP contribution in [0.1, 0.15) is 53.9 Å². The SMILES string of the molecule is CC1CCC(C(C)C)C(OCC(CO)NC(C)C)C1. The lowest BCUT2D eigenvalue weighted by Gasteiger charge is -2.38. The predicted octanol–water partition coefficient (Wildman–Crippen LogP) is 2.82. The molecule has 0 aliphatic heterocycles. The molecular weight excluding hydrogens is 238 g/mol. The van der Waals surface area contributed by atoms with Gasteiger partial charge < -0.3 is 15.2 Å². The number of rotatable bonds is 7. The molecule has 2 N–H and O–H groups in total. The average Bonchev–Trinajstić information content (AvgIpc) is 2.33. The van der Waals surface area contributed by atoms with E-state index in [0.29, 0.717) is 30.6 Å². The van der Waals surface area contributed by atoms with Crippen LogP contribution >= 0.6 is 0 Å². The average molecular weight is 271 g/mol. The molecule has 4 atom stereocenters. The van der Waals surface area contributed by atoms with Crippen LogP contribution in [0, 0.1) is 17.8 Å². The molecular formula is C16H33NO2. The molecule has 4 unspecified atom stereocenters. The molecule has 1 rings (SSSR count). The second kappa shape index (κ2) is 8.23. The molecule has 0 bridgehead atoms. The van der Waals surface area contributed by atoms with Gasteiger partial charge in [0.05, 0.1) is 25.4 Å². The van der Waals surface area contributed by atoms with Crippen LogP contribution in [0.5, 0.6) is 0 Å². The molecule has 0 aromatic heterocycles. The number of ether oxygens (including phenoxy) is 1. The second-order valence-corrected chi connectivity index (χ2v) is 6.90. The molecule has 1 aliphatic rings. The van der Waals surface area contributed by atoms with E-state index in [-0.39, 0.29) is 12.6 Å². The van der Waals surface area contributed by atoms with Gasteiger partial charge >= 0.3 is 0 Å². The van der Waals surface area contributed by atoms with Gasteiger partial charge in [-0.05, 0) is 30.6 Å². The first-order chi connectivity index (χ1) is 8.93. The van der Waals surface area contributed by atoms with Crippen molar-refractivity contribution in [2.24, 2.45) is 17.8 Å². The summed E-state index contributed by atoms with van der Waals surface area (Å²) in [6.07, 6.45) is 4.15. The van der Waals surface area contributed by atoms with Crippen LogP contribution in [0.15, 0.2) is 0 Å². The van der Waals surface area contributed by atoms with Gasteiger partial charge in [0.25, 0.3) is 0 Å². The molecule has 1 fully saturated rings. The summed E-state index contributed by atoms with van der Waals surface area (Å²) in [5.74, 6) is 2.13. The minimum absolute atomic E-state index is 0.0602. The zero-order chi connectivity index (χ0) is 14.4. The van der Waals surface area contributed by atoms with E-state index in [0.717, 1.165) is 5.92 Å². The first-order valence-electron chi connectivity index (χ1n) is 7.92. The van der Waals surface area contributed by atoms with Crippen molar-refractivity contribution in [3.8, 4) is 0 Å². The van der Waals surface area contributed by atoms with Crippen LogP contribution in [-0.2, 0) is 4.74 Å². The predicted molar refractivity (Wildman–Crippen MR) is 80.2 cm³/mol. The maximum Gasteiger partial charge on any atom is 0.0646 e. The first kappa shape index (κ1) is 16.9. The van der Waals surface area contributed by atoms with E-state index in [1.807, 2.05) is 0 Å². The summed E-state index contributed by atoms with van der Waals surface area (Å²) in [5.41, 5.74) is 0. The Morgan fingerprint density at radius 1 is 1.21 bits per heavy atom. The van der Waals surface area contributed by atoms with E-state index in [9.17, 15) is 5.11 Å². The Balaban J connectivity index is 2.46. The van der Waals surface area contributed by atoms with Crippen LogP contribution in [0.25, 0.3) is 0 Å². The molecule has 0 spiro atoms. The second-order valence-electron chi connectivity index (χ2n) is 6.90. The van der Waals surface area contributed by atoms with Crippen molar-refractivity contribution in [3.63, 3.8) is 0 Å². The third kappa shape index (κ3) is 5.80. The quantitative estimate of drug-likeness (QED) is 0.748. The van der Waals surface area contributed by atoms with Crippen molar-refractivity contribution in [2.75, 3.05) is 13.2 Å². The third-order valence-corrected chi connectivity index (χ3v) is 4.26. The number of hydrogen-bond donors (Lipinski definition) is 2. The van der Waals surface area contributed by atoms with Crippen molar-refractivity contribution in [1.82, 2.24) is 5.32 Å². The minimum Gasteiger partial charge on any atom is -0.395 e. The van der Waals surface area contributed by atoms with Crippen LogP contribution < -0.4 is 5.32 Å². The Morgan fingerprint density at radius 3 is 2.42 bits per heavy atom. The van der Waals surface area contributed by atoms with E-state index in [1.165, 1.54) is 19.3 Å². The molecule has 0 heterocycles. The van der Waals surface area contributed by atoms with Gasteiger partial charge in [-0.2, -0.15) is 0 Å². The lowest BCUT2D eigenvalue weighted by atomic mass is 9.75. The summed E-state index contributed by atoms with van der Waals surface area (Å²) in [4.78, 5) is 0. The highest BCUT2D eigenvalue weighted by Gasteiger charge is 2.31. The molecule has 1 saturated carbocycles. The maximum atomic E-state index is 9.39.